The molecule has 1 aliphatic carbocycles. The Bertz CT molecular complexity index is 383. The van der Waals surface area contributed by atoms with Gasteiger partial charge in [-0.2, -0.15) is 0 Å². The first-order valence-corrected chi connectivity index (χ1v) is 7.34. The lowest BCUT2D eigenvalue weighted by molar-refractivity contribution is -0.432. The van der Waals surface area contributed by atoms with Gasteiger partial charge in [-0.25, -0.2) is 5.26 Å². The summed E-state index contributed by atoms with van der Waals surface area (Å²) < 4.78 is 3.68. The van der Waals surface area contributed by atoms with Gasteiger partial charge in [-0.15, -0.1) is 4.33 Å². The topological polar surface area (TPSA) is 59.0 Å². The van der Waals surface area contributed by atoms with E-state index in [1.807, 2.05) is 4.90 Å². The lowest BCUT2D eigenvalue weighted by Crippen LogP contribution is -2.51. The fourth-order valence-electron chi connectivity index (χ4n) is 3.43. The third-order valence-corrected chi connectivity index (χ3v) is 5.79. The molecule has 6 heteroatoms. The molecule has 2 fully saturated rings. The van der Waals surface area contributed by atoms with Gasteiger partial charge in [0.2, 0.25) is 5.91 Å². The van der Waals surface area contributed by atoms with Crippen molar-refractivity contribution in [3.63, 3.8) is 0 Å². The molecule has 2 bridgehead atoms. The van der Waals surface area contributed by atoms with E-state index in [9.17, 15) is 4.79 Å². The van der Waals surface area contributed by atoms with Crippen molar-refractivity contribution in [3.8, 4) is 0 Å². The van der Waals surface area contributed by atoms with Crippen LogP contribution < -0.4 is 0 Å². The Labute approximate surface area is 118 Å². The first kappa shape index (κ1) is 15.1. The number of amides is 1. The molecule has 2 rings (SSSR count). The van der Waals surface area contributed by atoms with E-state index >= 15 is 0 Å². The van der Waals surface area contributed by atoms with Crippen molar-refractivity contribution >= 4 is 17.9 Å². The number of piperidine rings is 1. The fraction of sp³-hybridized carbons (Fsp3) is 0.923. The van der Waals surface area contributed by atoms with Crippen molar-refractivity contribution in [1.29, 1.82) is 0 Å². The van der Waals surface area contributed by atoms with E-state index in [4.69, 9.17) is 5.26 Å². The molecule has 2 unspecified atom stereocenters. The van der Waals surface area contributed by atoms with Gasteiger partial charge in [0.15, 0.2) is 0 Å². The molecule has 1 aliphatic heterocycles. The molecule has 110 valence electrons. The zero-order valence-electron chi connectivity index (χ0n) is 12.2. The molecular weight excluding hydrogens is 266 g/mol. The van der Waals surface area contributed by atoms with Crippen molar-refractivity contribution in [3.05, 3.63) is 0 Å². The standard InChI is InChI=1S/C13H23NO4S/c1-11(2)6-9-7-13(11,5)8-14(9)10(15)12(3,4)19-18-17-16/h9,16H,6-8H2,1-5H3. The van der Waals surface area contributed by atoms with E-state index in [1.165, 1.54) is 0 Å². The maximum absolute atomic E-state index is 12.6. The minimum Gasteiger partial charge on any atom is -0.338 e. The molecule has 2 atom stereocenters. The zero-order chi connectivity index (χ0) is 14.5. The summed E-state index contributed by atoms with van der Waals surface area (Å²) in [5.41, 5.74) is 0.485. The van der Waals surface area contributed by atoms with Gasteiger partial charge in [0.1, 0.15) is 4.75 Å². The largest absolute Gasteiger partial charge is 0.338 e. The number of hydrogen-bond donors (Lipinski definition) is 1. The van der Waals surface area contributed by atoms with Crippen molar-refractivity contribution in [2.24, 2.45) is 10.8 Å². The second-order valence-electron chi connectivity index (χ2n) is 7.18. The maximum atomic E-state index is 12.6. The Morgan fingerprint density at radius 3 is 2.42 bits per heavy atom. The van der Waals surface area contributed by atoms with Gasteiger partial charge in [-0.3, -0.25) is 4.79 Å². The highest BCUT2D eigenvalue weighted by Crippen LogP contribution is 2.59. The second kappa shape index (κ2) is 4.62. The van der Waals surface area contributed by atoms with E-state index in [2.05, 4.69) is 30.1 Å². The molecule has 1 heterocycles. The minimum atomic E-state index is -0.770. The highest BCUT2D eigenvalue weighted by molar-refractivity contribution is 7.96. The Morgan fingerprint density at radius 2 is 2.00 bits per heavy atom. The van der Waals surface area contributed by atoms with Crippen LogP contribution in [-0.2, 0) is 14.2 Å². The van der Waals surface area contributed by atoms with Crippen LogP contribution in [0.25, 0.3) is 0 Å². The number of rotatable bonds is 4. The Kier molecular flexibility index (Phi) is 3.67. The number of hydrogen-bond acceptors (Lipinski definition) is 5. The lowest BCUT2D eigenvalue weighted by Gasteiger charge is -2.44. The quantitative estimate of drug-likeness (QED) is 0.490. The zero-order valence-corrected chi connectivity index (χ0v) is 13.0. The monoisotopic (exact) mass is 289 g/mol. The normalized spacial score (nSPS) is 32.9. The predicted molar refractivity (Wildman–Crippen MR) is 73.1 cm³/mol. The fourth-order valence-corrected chi connectivity index (χ4v) is 3.82. The molecule has 0 aromatic carbocycles. The summed E-state index contributed by atoms with van der Waals surface area (Å²) in [6, 6.07) is 0.322. The Morgan fingerprint density at radius 1 is 1.37 bits per heavy atom. The van der Waals surface area contributed by atoms with Crippen LogP contribution in [0.1, 0.15) is 47.5 Å². The molecule has 0 aromatic heterocycles. The van der Waals surface area contributed by atoms with E-state index in [0.717, 1.165) is 31.4 Å². The molecule has 0 spiro atoms. The van der Waals surface area contributed by atoms with E-state index in [1.54, 1.807) is 13.8 Å². The summed E-state index contributed by atoms with van der Waals surface area (Å²) in [7, 11) is 0. The smallest absolute Gasteiger partial charge is 0.240 e. The minimum absolute atomic E-state index is 0.0405. The molecule has 0 aromatic rings. The van der Waals surface area contributed by atoms with Gasteiger partial charge in [-0.1, -0.05) is 25.8 Å². The van der Waals surface area contributed by atoms with Crippen LogP contribution in [-0.4, -0.2) is 33.4 Å². The SMILES string of the molecule is CC(C)(SOOO)C(=O)N1CC2(C)CC1CC2(C)C. The number of likely N-dealkylation sites (tertiary alicyclic amines) is 1. The highest BCUT2D eigenvalue weighted by atomic mass is 32.2. The van der Waals surface area contributed by atoms with Crippen LogP contribution >= 0.6 is 12.0 Å². The maximum Gasteiger partial charge on any atom is 0.240 e. The second-order valence-corrected chi connectivity index (χ2v) is 8.50. The van der Waals surface area contributed by atoms with Crippen molar-refractivity contribution in [2.45, 2.75) is 58.2 Å². The third kappa shape index (κ3) is 2.39. The van der Waals surface area contributed by atoms with Crippen LogP contribution in [0.3, 0.4) is 0 Å². The average Bonchev–Trinajstić information content (AvgIpc) is 2.74. The van der Waals surface area contributed by atoms with Crippen molar-refractivity contribution in [2.75, 3.05) is 6.54 Å². The van der Waals surface area contributed by atoms with Gasteiger partial charge < -0.3 is 4.90 Å². The first-order chi connectivity index (χ1) is 8.63. The molecule has 0 radical (unpaired) electrons. The molecule has 1 saturated heterocycles. The van der Waals surface area contributed by atoms with Gasteiger partial charge >= 0.3 is 0 Å². The van der Waals surface area contributed by atoms with Crippen LogP contribution in [0, 0.1) is 10.8 Å². The van der Waals surface area contributed by atoms with Crippen LogP contribution in [0.4, 0.5) is 0 Å². The first-order valence-electron chi connectivity index (χ1n) is 6.60. The van der Waals surface area contributed by atoms with E-state index in [0.29, 0.717) is 6.04 Å². The van der Waals surface area contributed by atoms with Gasteiger partial charge in [-0.05, 0) is 37.5 Å². The van der Waals surface area contributed by atoms with Gasteiger partial charge in [0, 0.05) is 12.6 Å². The van der Waals surface area contributed by atoms with Crippen molar-refractivity contribution < 1.29 is 19.4 Å². The summed E-state index contributed by atoms with van der Waals surface area (Å²) >= 11 is 0.836. The summed E-state index contributed by atoms with van der Waals surface area (Å²) in [5, 5.41) is 11.8. The average molecular weight is 289 g/mol. The summed E-state index contributed by atoms with van der Waals surface area (Å²) in [5.74, 6) is 0.0405. The molecule has 5 nitrogen and oxygen atoms in total. The highest BCUT2D eigenvalue weighted by Gasteiger charge is 2.59. The van der Waals surface area contributed by atoms with Crippen LogP contribution in [0.15, 0.2) is 0 Å². The third-order valence-electron chi connectivity index (χ3n) is 5.07. The van der Waals surface area contributed by atoms with Crippen molar-refractivity contribution in [1.82, 2.24) is 4.90 Å². The Hall–Kier alpha value is -0.300. The summed E-state index contributed by atoms with van der Waals surface area (Å²) in [4.78, 5) is 14.6. The number of carbonyl (C=O) groups is 1. The molecule has 1 saturated carbocycles. The number of carbonyl (C=O) groups excluding carboxylic acids is 1. The summed E-state index contributed by atoms with van der Waals surface area (Å²) in [6.07, 6.45) is 2.12. The van der Waals surface area contributed by atoms with E-state index in [-0.39, 0.29) is 16.7 Å². The summed E-state index contributed by atoms with van der Waals surface area (Å²) in [6.45, 7) is 11.2. The van der Waals surface area contributed by atoms with Crippen LogP contribution in [0.2, 0.25) is 0 Å². The number of fused-ring (bicyclic) bond motifs is 2. The molecule has 1 N–H and O–H groups in total. The molecule has 2 aliphatic rings. The Balaban J connectivity index is 2.08. The predicted octanol–water partition coefficient (Wildman–Crippen LogP) is 2.87. The lowest BCUT2D eigenvalue weighted by atomic mass is 9.69. The number of nitrogens with zero attached hydrogens (tertiary/aromatic N) is 1. The molecular formula is C13H23NO4S. The van der Waals surface area contributed by atoms with Gasteiger partial charge in [0.25, 0.3) is 0 Å². The van der Waals surface area contributed by atoms with Crippen LogP contribution in [0.5, 0.6) is 0 Å². The van der Waals surface area contributed by atoms with Gasteiger partial charge in [0.05, 0.1) is 12.0 Å². The molecule has 1 amide bonds. The molecule has 19 heavy (non-hydrogen) atoms. The van der Waals surface area contributed by atoms with E-state index < -0.39 is 4.75 Å².